The minimum Gasteiger partial charge on any atom is -0.484 e. The topological polar surface area (TPSA) is 26.3 Å². The standard InChI is InChI=1S/C16H13ClO2/c1-10-6-7-15-12(8-10)14(18)9-16(19-15)11-4-2-3-5-13(11)17/h2-8,16H,9H2,1H3/t16-/m0/s1. The molecule has 1 heterocycles. The van der Waals surface area contributed by atoms with Crippen molar-refractivity contribution in [3.63, 3.8) is 0 Å². The fourth-order valence-corrected chi connectivity index (χ4v) is 2.60. The highest BCUT2D eigenvalue weighted by molar-refractivity contribution is 6.31. The first-order valence-corrected chi connectivity index (χ1v) is 6.58. The number of carbonyl (C=O) groups is 1. The van der Waals surface area contributed by atoms with E-state index in [1.165, 1.54) is 0 Å². The number of aryl methyl sites for hydroxylation is 1. The van der Waals surface area contributed by atoms with E-state index in [-0.39, 0.29) is 11.9 Å². The van der Waals surface area contributed by atoms with Crippen molar-refractivity contribution >= 4 is 17.4 Å². The summed E-state index contributed by atoms with van der Waals surface area (Å²) in [5.41, 5.74) is 2.60. The molecule has 2 aromatic carbocycles. The van der Waals surface area contributed by atoms with Crippen LogP contribution in [0.5, 0.6) is 5.75 Å². The van der Waals surface area contributed by atoms with Gasteiger partial charge in [-0.3, -0.25) is 4.79 Å². The Labute approximate surface area is 117 Å². The summed E-state index contributed by atoms with van der Waals surface area (Å²) >= 11 is 6.17. The average molecular weight is 273 g/mol. The highest BCUT2D eigenvalue weighted by Crippen LogP contribution is 2.37. The van der Waals surface area contributed by atoms with E-state index in [2.05, 4.69) is 0 Å². The average Bonchev–Trinajstić information content (AvgIpc) is 2.40. The highest BCUT2D eigenvalue weighted by Gasteiger charge is 2.28. The van der Waals surface area contributed by atoms with Crippen LogP contribution in [0.4, 0.5) is 0 Å². The molecule has 0 unspecified atom stereocenters. The first-order valence-electron chi connectivity index (χ1n) is 6.20. The molecule has 0 aliphatic carbocycles. The monoisotopic (exact) mass is 272 g/mol. The molecule has 0 aromatic heterocycles. The van der Waals surface area contributed by atoms with Gasteiger partial charge in [0, 0.05) is 10.6 Å². The Balaban J connectivity index is 2.00. The number of rotatable bonds is 1. The van der Waals surface area contributed by atoms with E-state index in [1.807, 2.05) is 49.4 Å². The molecule has 2 nitrogen and oxygen atoms in total. The van der Waals surface area contributed by atoms with Crippen LogP contribution in [-0.2, 0) is 0 Å². The van der Waals surface area contributed by atoms with Gasteiger partial charge in [-0.15, -0.1) is 0 Å². The molecule has 0 N–H and O–H groups in total. The van der Waals surface area contributed by atoms with Crippen LogP contribution in [-0.4, -0.2) is 5.78 Å². The van der Waals surface area contributed by atoms with E-state index in [0.29, 0.717) is 22.8 Å². The number of benzene rings is 2. The van der Waals surface area contributed by atoms with Gasteiger partial charge in [0.1, 0.15) is 11.9 Å². The van der Waals surface area contributed by atoms with Gasteiger partial charge in [0.05, 0.1) is 12.0 Å². The Morgan fingerprint density at radius 1 is 1.21 bits per heavy atom. The van der Waals surface area contributed by atoms with Crippen LogP contribution in [0.3, 0.4) is 0 Å². The summed E-state index contributed by atoms with van der Waals surface area (Å²) in [6.07, 6.45) is 0.0385. The molecule has 96 valence electrons. The van der Waals surface area contributed by atoms with Crippen molar-refractivity contribution in [2.24, 2.45) is 0 Å². The molecular weight excluding hydrogens is 260 g/mol. The second kappa shape index (κ2) is 4.71. The molecule has 0 radical (unpaired) electrons. The first-order chi connectivity index (χ1) is 9.15. The van der Waals surface area contributed by atoms with E-state index < -0.39 is 0 Å². The molecule has 3 heteroatoms. The lowest BCUT2D eigenvalue weighted by molar-refractivity contribution is 0.0850. The van der Waals surface area contributed by atoms with Crippen LogP contribution >= 0.6 is 11.6 Å². The molecule has 0 bridgehead atoms. The summed E-state index contributed by atoms with van der Waals surface area (Å²) in [4.78, 5) is 12.2. The van der Waals surface area contributed by atoms with Gasteiger partial charge in [-0.25, -0.2) is 0 Å². The van der Waals surface area contributed by atoms with Crippen molar-refractivity contribution in [3.8, 4) is 5.75 Å². The van der Waals surface area contributed by atoms with Crippen LogP contribution < -0.4 is 4.74 Å². The van der Waals surface area contributed by atoms with Crippen molar-refractivity contribution in [1.29, 1.82) is 0 Å². The van der Waals surface area contributed by atoms with Gasteiger partial charge >= 0.3 is 0 Å². The Hall–Kier alpha value is -1.80. The molecule has 1 aliphatic heterocycles. The van der Waals surface area contributed by atoms with E-state index in [9.17, 15) is 4.79 Å². The summed E-state index contributed by atoms with van der Waals surface area (Å²) in [5.74, 6) is 0.752. The van der Waals surface area contributed by atoms with Gasteiger partial charge in [-0.1, -0.05) is 41.4 Å². The van der Waals surface area contributed by atoms with Crippen molar-refractivity contribution in [2.75, 3.05) is 0 Å². The number of hydrogen-bond acceptors (Lipinski definition) is 2. The maximum Gasteiger partial charge on any atom is 0.170 e. The number of halogens is 1. The third kappa shape index (κ3) is 2.24. The summed E-state index contributed by atoms with van der Waals surface area (Å²) in [6, 6.07) is 13.2. The SMILES string of the molecule is Cc1ccc2c(c1)C(=O)C[C@@H](c1ccccc1Cl)O2. The number of ketones is 1. The molecule has 1 aliphatic rings. The van der Waals surface area contributed by atoms with Crippen LogP contribution in [0.15, 0.2) is 42.5 Å². The second-order valence-electron chi connectivity index (χ2n) is 4.75. The molecule has 1 atom stereocenters. The van der Waals surface area contributed by atoms with Crippen molar-refractivity contribution < 1.29 is 9.53 Å². The summed E-state index contributed by atoms with van der Waals surface area (Å²) in [7, 11) is 0. The van der Waals surface area contributed by atoms with Gasteiger partial charge in [0.2, 0.25) is 0 Å². The number of fused-ring (bicyclic) bond motifs is 1. The largest absolute Gasteiger partial charge is 0.484 e. The Kier molecular flexibility index (Phi) is 3.03. The van der Waals surface area contributed by atoms with E-state index in [0.717, 1.165) is 11.1 Å². The summed E-state index contributed by atoms with van der Waals surface area (Å²) < 4.78 is 5.92. The zero-order chi connectivity index (χ0) is 13.4. The predicted molar refractivity (Wildman–Crippen MR) is 74.9 cm³/mol. The quantitative estimate of drug-likeness (QED) is 0.771. The van der Waals surface area contributed by atoms with Crippen molar-refractivity contribution in [3.05, 3.63) is 64.2 Å². The lowest BCUT2D eigenvalue weighted by Crippen LogP contribution is -2.20. The minimum atomic E-state index is -0.295. The maximum absolute atomic E-state index is 12.2. The van der Waals surface area contributed by atoms with E-state index in [1.54, 1.807) is 0 Å². The van der Waals surface area contributed by atoms with Gasteiger partial charge in [-0.2, -0.15) is 0 Å². The molecule has 19 heavy (non-hydrogen) atoms. The van der Waals surface area contributed by atoms with Crippen LogP contribution in [0.25, 0.3) is 0 Å². The molecule has 0 amide bonds. The molecule has 0 saturated heterocycles. The normalized spacial score (nSPS) is 17.8. The molecular formula is C16H13ClO2. The Morgan fingerprint density at radius 2 is 2.00 bits per heavy atom. The fraction of sp³-hybridized carbons (Fsp3) is 0.188. The Morgan fingerprint density at radius 3 is 2.79 bits per heavy atom. The number of carbonyl (C=O) groups excluding carboxylic acids is 1. The first kappa shape index (κ1) is 12.2. The fourth-order valence-electron chi connectivity index (χ4n) is 2.35. The van der Waals surface area contributed by atoms with Crippen LogP contribution in [0.2, 0.25) is 5.02 Å². The number of Topliss-reactive ketones (excluding diaryl/α,β-unsaturated/α-hetero) is 1. The molecule has 0 fully saturated rings. The molecule has 0 spiro atoms. The molecule has 2 aromatic rings. The highest BCUT2D eigenvalue weighted by atomic mass is 35.5. The van der Waals surface area contributed by atoms with E-state index >= 15 is 0 Å². The molecule has 3 rings (SSSR count). The van der Waals surface area contributed by atoms with Crippen molar-refractivity contribution in [1.82, 2.24) is 0 Å². The van der Waals surface area contributed by atoms with Gasteiger partial charge < -0.3 is 4.74 Å². The summed E-state index contributed by atoms with van der Waals surface area (Å²) in [6.45, 7) is 1.97. The number of hydrogen-bond donors (Lipinski definition) is 0. The smallest absolute Gasteiger partial charge is 0.170 e. The second-order valence-corrected chi connectivity index (χ2v) is 5.16. The summed E-state index contributed by atoms with van der Waals surface area (Å²) in [5, 5.41) is 0.635. The third-order valence-corrected chi connectivity index (χ3v) is 3.67. The van der Waals surface area contributed by atoms with Crippen LogP contribution in [0.1, 0.15) is 34.0 Å². The maximum atomic E-state index is 12.2. The predicted octanol–water partition coefficient (Wildman–Crippen LogP) is 4.35. The molecule has 0 saturated carbocycles. The zero-order valence-electron chi connectivity index (χ0n) is 10.5. The third-order valence-electron chi connectivity index (χ3n) is 3.33. The number of ether oxygens (including phenoxy) is 1. The lowest BCUT2D eigenvalue weighted by Gasteiger charge is -2.26. The van der Waals surface area contributed by atoms with E-state index in [4.69, 9.17) is 16.3 Å². The van der Waals surface area contributed by atoms with Gasteiger partial charge in [0.15, 0.2) is 5.78 Å². The van der Waals surface area contributed by atoms with Gasteiger partial charge in [0.25, 0.3) is 0 Å². The van der Waals surface area contributed by atoms with Crippen molar-refractivity contribution in [2.45, 2.75) is 19.4 Å². The van der Waals surface area contributed by atoms with Gasteiger partial charge in [-0.05, 0) is 25.1 Å². The zero-order valence-corrected chi connectivity index (χ0v) is 11.3. The Bertz CT molecular complexity index is 649. The minimum absolute atomic E-state index is 0.106. The van der Waals surface area contributed by atoms with Crippen LogP contribution in [0, 0.1) is 6.92 Å². The lowest BCUT2D eigenvalue weighted by atomic mass is 9.95.